The lowest BCUT2D eigenvalue weighted by atomic mass is 10.3. The second kappa shape index (κ2) is 4.69. The maximum absolute atomic E-state index is 12.3. The molecule has 1 heterocycles. The van der Waals surface area contributed by atoms with Crippen molar-refractivity contribution in [1.29, 1.82) is 0 Å². The van der Waals surface area contributed by atoms with Crippen molar-refractivity contribution < 1.29 is 17.9 Å². The van der Waals surface area contributed by atoms with E-state index in [9.17, 15) is 13.2 Å². The number of alkyl halides is 3. The number of halogens is 4. The summed E-state index contributed by atoms with van der Waals surface area (Å²) >= 11 is 5.45. The van der Waals surface area contributed by atoms with Crippen molar-refractivity contribution in [3.05, 3.63) is 29.3 Å². The topological polar surface area (TPSA) is 35.0 Å². The Hall–Kier alpha value is -1.30. The molecule has 0 aromatic carbocycles. The summed E-state index contributed by atoms with van der Waals surface area (Å²) in [6.45, 7) is 5.40. The van der Waals surface area contributed by atoms with Crippen LogP contribution in [0.4, 0.5) is 13.2 Å². The summed E-state index contributed by atoms with van der Waals surface area (Å²) in [4.78, 5) is 6.36. The van der Waals surface area contributed by atoms with Crippen LogP contribution in [0.25, 0.3) is 5.76 Å². The van der Waals surface area contributed by atoms with Gasteiger partial charge in [-0.3, -0.25) is 0 Å². The Morgan fingerprint density at radius 2 is 2.12 bits per heavy atom. The SMILES string of the molecule is C=C(OCC)c1cc(Cl)nc(C(F)(F)F)n1. The molecule has 0 saturated heterocycles. The fourth-order valence-electron chi connectivity index (χ4n) is 0.935. The fraction of sp³-hybridized carbons (Fsp3) is 0.333. The Kier molecular flexibility index (Phi) is 3.74. The molecule has 0 unspecified atom stereocenters. The predicted molar refractivity (Wildman–Crippen MR) is 52.7 cm³/mol. The molecule has 3 nitrogen and oxygen atoms in total. The molecule has 0 aliphatic rings. The van der Waals surface area contributed by atoms with Crippen molar-refractivity contribution >= 4 is 17.4 Å². The van der Waals surface area contributed by atoms with Crippen LogP contribution in [-0.2, 0) is 10.9 Å². The molecule has 7 heteroatoms. The number of ether oxygens (including phenoxy) is 1. The molecular formula is C9H8ClF3N2O. The monoisotopic (exact) mass is 252 g/mol. The molecule has 88 valence electrons. The molecule has 0 saturated carbocycles. The van der Waals surface area contributed by atoms with Crippen LogP contribution in [-0.4, -0.2) is 16.6 Å². The molecule has 0 aliphatic heterocycles. The largest absolute Gasteiger partial charge is 0.492 e. The van der Waals surface area contributed by atoms with Gasteiger partial charge in [0, 0.05) is 6.07 Å². The summed E-state index contributed by atoms with van der Waals surface area (Å²) < 4.78 is 42.0. The van der Waals surface area contributed by atoms with Gasteiger partial charge in [-0.05, 0) is 6.92 Å². The molecule has 0 amide bonds. The molecule has 0 radical (unpaired) electrons. The Balaban J connectivity index is 3.13. The maximum Gasteiger partial charge on any atom is 0.451 e. The molecule has 0 aliphatic carbocycles. The van der Waals surface area contributed by atoms with E-state index >= 15 is 0 Å². The van der Waals surface area contributed by atoms with Crippen LogP contribution >= 0.6 is 11.6 Å². The molecule has 0 atom stereocenters. The number of hydrogen-bond acceptors (Lipinski definition) is 3. The number of rotatable bonds is 3. The summed E-state index contributed by atoms with van der Waals surface area (Å²) in [5.74, 6) is -1.28. The number of aromatic nitrogens is 2. The minimum atomic E-state index is -4.65. The molecule has 0 fully saturated rings. The summed E-state index contributed by atoms with van der Waals surface area (Å²) in [7, 11) is 0. The van der Waals surface area contributed by atoms with Crippen molar-refractivity contribution in [3.63, 3.8) is 0 Å². The van der Waals surface area contributed by atoms with Gasteiger partial charge in [0.2, 0.25) is 5.82 Å². The lowest BCUT2D eigenvalue weighted by Crippen LogP contribution is -2.12. The predicted octanol–water partition coefficient (Wildman–Crippen LogP) is 3.16. The van der Waals surface area contributed by atoms with E-state index in [2.05, 4.69) is 16.5 Å². The molecule has 0 bridgehead atoms. The van der Waals surface area contributed by atoms with Crippen molar-refractivity contribution in [3.8, 4) is 0 Å². The van der Waals surface area contributed by atoms with Gasteiger partial charge in [-0.25, -0.2) is 9.97 Å². The first-order valence-electron chi connectivity index (χ1n) is 4.28. The standard InChI is InChI=1S/C9H8ClF3N2O/c1-3-16-5(2)6-4-7(10)15-8(14-6)9(11,12)13/h4H,2-3H2,1H3. The fourth-order valence-corrected chi connectivity index (χ4v) is 1.12. The van der Waals surface area contributed by atoms with Crippen LogP contribution in [0.5, 0.6) is 0 Å². The van der Waals surface area contributed by atoms with E-state index in [4.69, 9.17) is 16.3 Å². The highest BCUT2D eigenvalue weighted by Crippen LogP contribution is 2.28. The van der Waals surface area contributed by atoms with Crippen molar-refractivity contribution in [2.75, 3.05) is 6.61 Å². The number of nitrogens with zero attached hydrogens (tertiary/aromatic N) is 2. The molecule has 1 rings (SSSR count). The highest BCUT2D eigenvalue weighted by atomic mass is 35.5. The average molecular weight is 253 g/mol. The van der Waals surface area contributed by atoms with Gasteiger partial charge in [-0.2, -0.15) is 13.2 Å². The van der Waals surface area contributed by atoms with E-state index in [0.717, 1.165) is 6.07 Å². The van der Waals surface area contributed by atoms with Crippen LogP contribution in [0.2, 0.25) is 5.15 Å². The molecule has 1 aromatic rings. The maximum atomic E-state index is 12.3. The highest BCUT2D eigenvalue weighted by Gasteiger charge is 2.35. The highest BCUT2D eigenvalue weighted by molar-refractivity contribution is 6.29. The zero-order valence-corrected chi connectivity index (χ0v) is 9.06. The first kappa shape index (κ1) is 12.8. The Labute approximate surface area is 94.9 Å². The number of hydrogen-bond donors (Lipinski definition) is 0. The van der Waals surface area contributed by atoms with Crippen molar-refractivity contribution in [2.45, 2.75) is 13.1 Å². The summed E-state index contributed by atoms with van der Waals surface area (Å²) in [6.07, 6.45) is -4.65. The average Bonchev–Trinajstić information content (AvgIpc) is 2.16. The van der Waals surface area contributed by atoms with Crippen LogP contribution < -0.4 is 0 Å². The Morgan fingerprint density at radius 3 is 2.62 bits per heavy atom. The van der Waals surface area contributed by atoms with Gasteiger partial charge in [0.25, 0.3) is 0 Å². The van der Waals surface area contributed by atoms with Gasteiger partial charge in [-0.15, -0.1) is 0 Å². The molecule has 0 N–H and O–H groups in total. The van der Waals surface area contributed by atoms with Crippen LogP contribution in [0, 0.1) is 0 Å². The summed E-state index contributed by atoms with van der Waals surface area (Å²) in [5, 5.41) is -0.307. The minimum Gasteiger partial charge on any atom is -0.492 e. The van der Waals surface area contributed by atoms with Crippen molar-refractivity contribution in [2.24, 2.45) is 0 Å². The van der Waals surface area contributed by atoms with Crippen LogP contribution in [0.15, 0.2) is 12.6 Å². The van der Waals surface area contributed by atoms with Crippen molar-refractivity contribution in [1.82, 2.24) is 9.97 Å². The zero-order chi connectivity index (χ0) is 12.3. The molecule has 0 spiro atoms. The van der Waals surface area contributed by atoms with E-state index in [0.29, 0.717) is 0 Å². The second-order valence-electron chi connectivity index (χ2n) is 2.75. The third-order valence-electron chi connectivity index (χ3n) is 1.55. The smallest absolute Gasteiger partial charge is 0.451 e. The Morgan fingerprint density at radius 1 is 1.50 bits per heavy atom. The van der Waals surface area contributed by atoms with Gasteiger partial charge in [0.15, 0.2) is 0 Å². The molecule has 1 aromatic heterocycles. The summed E-state index contributed by atoms with van der Waals surface area (Å²) in [5.41, 5.74) is -0.0748. The van der Waals surface area contributed by atoms with Gasteiger partial charge in [0.05, 0.1) is 6.61 Å². The van der Waals surface area contributed by atoms with Gasteiger partial charge < -0.3 is 4.74 Å². The van der Waals surface area contributed by atoms with E-state index in [1.54, 1.807) is 6.92 Å². The van der Waals surface area contributed by atoms with E-state index in [1.807, 2.05) is 0 Å². The molecule has 16 heavy (non-hydrogen) atoms. The normalized spacial score (nSPS) is 11.3. The third-order valence-corrected chi connectivity index (χ3v) is 1.75. The minimum absolute atomic E-state index is 0.0253. The van der Waals surface area contributed by atoms with Gasteiger partial charge in [0.1, 0.15) is 16.6 Å². The Bertz CT molecular complexity index is 406. The third kappa shape index (κ3) is 3.10. The van der Waals surface area contributed by atoms with Crippen LogP contribution in [0.3, 0.4) is 0 Å². The first-order chi connectivity index (χ1) is 7.34. The van der Waals surface area contributed by atoms with E-state index in [-0.39, 0.29) is 23.2 Å². The quantitative estimate of drug-likeness (QED) is 0.612. The first-order valence-corrected chi connectivity index (χ1v) is 4.66. The zero-order valence-electron chi connectivity index (χ0n) is 8.31. The van der Waals surface area contributed by atoms with E-state index in [1.165, 1.54) is 0 Å². The lowest BCUT2D eigenvalue weighted by molar-refractivity contribution is -0.145. The summed E-state index contributed by atoms with van der Waals surface area (Å²) in [6, 6.07) is 1.16. The van der Waals surface area contributed by atoms with Crippen LogP contribution in [0.1, 0.15) is 18.4 Å². The van der Waals surface area contributed by atoms with Gasteiger partial charge >= 0.3 is 6.18 Å². The lowest BCUT2D eigenvalue weighted by Gasteiger charge is -2.09. The van der Waals surface area contributed by atoms with Gasteiger partial charge in [-0.1, -0.05) is 18.2 Å². The molecular weight excluding hydrogens is 245 g/mol. The van der Waals surface area contributed by atoms with E-state index < -0.39 is 12.0 Å². The second-order valence-corrected chi connectivity index (χ2v) is 3.14.